The summed E-state index contributed by atoms with van der Waals surface area (Å²) in [5.74, 6) is -0.617. The first kappa shape index (κ1) is 27.6. The number of fused-ring (bicyclic) bond motifs is 1. The maximum Gasteiger partial charge on any atom is 0.251 e. The lowest BCUT2D eigenvalue weighted by atomic mass is 9.95. The predicted octanol–water partition coefficient (Wildman–Crippen LogP) is 2.95. The van der Waals surface area contributed by atoms with Crippen LogP contribution in [0.15, 0.2) is 24.3 Å². The molecule has 4 heterocycles. The topological polar surface area (TPSA) is 95.1 Å². The van der Waals surface area contributed by atoms with E-state index in [1.54, 1.807) is 28.4 Å². The van der Waals surface area contributed by atoms with Crippen LogP contribution in [0.5, 0.6) is 0 Å². The lowest BCUT2D eigenvalue weighted by molar-refractivity contribution is -0.139. The highest BCUT2D eigenvalue weighted by Gasteiger charge is 2.53. The molecule has 2 amide bonds. The summed E-state index contributed by atoms with van der Waals surface area (Å²) < 4.78 is 5.56. The highest BCUT2D eigenvalue weighted by atomic mass is 35.5. The zero-order chi connectivity index (χ0) is 28.0. The van der Waals surface area contributed by atoms with Gasteiger partial charge in [0.15, 0.2) is 10.9 Å². The number of aryl methyl sites for hydroxylation is 1. The molecule has 0 unspecified atom stereocenters. The van der Waals surface area contributed by atoms with Crippen molar-refractivity contribution >= 4 is 45.7 Å². The van der Waals surface area contributed by atoms with Crippen molar-refractivity contribution in [1.82, 2.24) is 20.1 Å². The van der Waals surface area contributed by atoms with E-state index < -0.39 is 23.6 Å². The third-order valence-corrected chi connectivity index (χ3v) is 10.2. The number of likely N-dealkylation sites (N-methyl/N-ethyl adjacent to an activating group) is 1. The second-order valence-corrected chi connectivity index (χ2v) is 13.2. The Balaban J connectivity index is 1.17. The van der Waals surface area contributed by atoms with Gasteiger partial charge < -0.3 is 24.8 Å². The molecule has 1 aromatic carbocycles. The number of nitrogens with zero attached hydrogens (tertiary/aromatic N) is 4. The van der Waals surface area contributed by atoms with Gasteiger partial charge in [0.2, 0.25) is 5.91 Å². The smallest absolute Gasteiger partial charge is 0.251 e. The molecule has 1 aromatic heterocycles. The molecule has 3 aliphatic heterocycles. The molecule has 1 aliphatic carbocycles. The number of ketones is 1. The summed E-state index contributed by atoms with van der Waals surface area (Å²) in [6.45, 7) is 6.29. The lowest BCUT2D eigenvalue weighted by Crippen LogP contribution is -2.54. The molecule has 0 radical (unpaired) electrons. The van der Waals surface area contributed by atoms with Crippen LogP contribution in [0.1, 0.15) is 40.9 Å². The zero-order valence-corrected chi connectivity index (χ0v) is 24.5. The van der Waals surface area contributed by atoms with E-state index in [9.17, 15) is 14.4 Å². The number of anilines is 1. The molecule has 4 aliphatic rings. The Morgan fingerprint density at radius 2 is 1.82 bits per heavy atom. The number of hydrogen-bond acceptors (Lipinski definition) is 8. The number of carbonyl (C=O) groups is 3. The Morgan fingerprint density at radius 3 is 2.52 bits per heavy atom. The van der Waals surface area contributed by atoms with Crippen LogP contribution in [-0.4, -0.2) is 102 Å². The third-order valence-electron chi connectivity index (χ3n) is 8.81. The zero-order valence-electron chi connectivity index (χ0n) is 23.0. The second kappa shape index (κ2) is 11.4. The minimum atomic E-state index is -0.697. The summed E-state index contributed by atoms with van der Waals surface area (Å²) in [4.78, 5) is 52.0. The van der Waals surface area contributed by atoms with Crippen molar-refractivity contribution in [1.29, 1.82) is 0 Å². The first-order chi connectivity index (χ1) is 19.3. The average Bonchev–Trinajstić information content (AvgIpc) is 3.75. The van der Waals surface area contributed by atoms with Crippen LogP contribution >= 0.6 is 22.9 Å². The van der Waals surface area contributed by atoms with Gasteiger partial charge in [-0.1, -0.05) is 25.0 Å². The van der Waals surface area contributed by atoms with Gasteiger partial charge in [0.1, 0.15) is 24.8 Å². The van der Waals surface area contributed by atoms with Crippen LogP contribution < -0.4 is 10.2 Å². The van der Waals surface area contributed by atoms with Crippen LogP contribution in [0, 0.1) is 12.8 Å². The van der Waals surface area contributed by atoms with Gasteiger partial charge in [0, 0.05) is 48.7 Å². The number of hydrogen-bond donors (Lipinski definition) is 1. The number of thiazole rings is 1. The highest BCUT2D eigenvalue weighted by molar-refractivity contribution is 7.16. The summed E-state index contributed by atoms with van der Waals surface area (Å²) in [5, 5.41) is 3.64. The molecule has 9 nitrogen and oxygen atoms in total. The molecule has 214 valence electrons. The molecule has 11 heteroatoms. The Morgan fingerprint density at radius 1 is 1.12 bits per heavy atom. The maximum atomic E-state index is 13.8. The predicted molar refractivity (Wildman–Crippen MR) is 155 cm³/mol. The van der Waals surface area contributed by atoms with E-state index in [0.29, 0.717) is 5.56 Å². The van der Waals surface area contributed by atoms with E-state index in [2.05, 4.69) is 29.1 Å². The van der Waals surface area contributed by atoms with Crippen molar-refractivity contribution < 1.29 is 19.1 Å². The SMILES string of the molecule is Cc1sc(N2CCN(C)CC2)nc1-c1ccc(C(=O)N[C@H](C(=O)N2C[C@@H](Cl)[C@H]3OCC(=O)[C@H]32)C2CCCC2)cc1. The maximum absolute atomic E-state index is 13.8. The number of rotatable bonds is 6. The third kappa shape index (κ3) is 5.26. The quantitative estimate of drug-likeness (QED) is 0.521. The average molecular weight is 586 g/mol. The number of Topliss-reactive ketones (excluding diaryl/α,β-unsaturated/α-hetero) is 1. The van der Waals surface area contributed by atoms with Crippen molar-refractivity contribution in [3.05, 3.63) is 34.7 Å². The number of benzene rings is 1. The van der Waals surface area contributed by atoms with Crippen molar-refractivity contribution in [3.63, 3.8) is 0 Å². The minimum Gasteiger partial charge on any atom is -0.366 e. The van der Waals surface area contributed by atoms with Crippen LogP contribution in [-0.2, 0) is 14.3 Å². The molecule has 4 atom stereocenters. The van der Waals surface area contributed by atoms with Crippen molar-refractivity contribution in [3.8, 4) is 11.3 Å². The summed E-state index contributed by atoms with van der Waals surface area (Å²) in [7, 11) is 2.14. The Kier molecular flexibility index (Phi) is 7.87. The van der Waals surface area contributed by atoms with E-state index in [1.165, 1.54) is 0 Å². The van der Waals surface area contributed by atoms with Crippen LogP contribution in [0.25, 0.3) is 11.3 Å². The van der Waals surface area contributed by atoms with E-state index in [4.69, 9.17) is 21.3 Å². The highest BCUT2D eigenvalue weighted by Crippen LogP contribution is 2.35. The lowest BCUT2D eigenvalue weighted by Gasteiger charge is -2.32. The fraction of sp³-hybridized carbons (Fsp3) is 0.586. The second-order valence-electron chi connectivity index (χ2n) is 11.5. The summed E-state index contributed by atoms with van der Waals surface area (Å²) in [6, 6.07) is 6.09. The monoisotopic (exact) mass is 585 g/mol. The molecule has 0 spiro atoms. The minimum absolute atomic E-state index is 0.0233. The van der Waals surface area contributed by atoms with E-state index in [1.807, 2.05) is 12.1 Å². The number of nitrogens with one attached hydrogen (secondary N) is 1. The van der Waals surface area contributed by atoms with E-state index in [0.717, 1.165) is 73.1 Å². The molecule has 1 N–H and O–H groups in total. The van der Waals surface area contributed by atoms with Crippen molar-refractivity contribution in [2.45, 2.75) is 56.2 Å². The molecule has 6 rings (SSSR count). The Labute approximate surface area is 243 Å². The van der Waals surface area contributed by atoms with Crippen molar-refractivity contribution in [2.24, 2.45) is 5.92 Å². The van der Waals surface area contributed by atoms with E-state index in [-0.39, 0.29) is 36.7 Å². The first-order valence-corrected chi connectivity index (χ1v) is 15.5. The van der Waals surface area contributed by atoms with E-state index >= 15 is 0 Å². The summed E-state index contributed by atoms with van der Waals surface area (Å²) in [5.41, 5.74) is 2.39. The largest absolute Gasteiger partial charge is 0.366 e. The van der Waals surface area contributed by atoms with Gasteiger partial charge >= 0.3 is 0 Å². The van der Waals surface area contributed by atoms with Gasteiger partial charge in [-0.15, -0.1) is 22.9 Å². The molecular formula is C29H36ClN5O4S. The summed E-state index contributed by atoms with van der Waals surface area (Å²) >= 11 is 8.15. The fourth-order valence-electron chi connectivity index (χ4n) is 6.46. The molecular weight excluding hydrogens is 550 g/mol. The van der Waals surface area contributed by atoms with Gasteiger partial charge in [-0.05, 0) is 44.9 Å². The summed E-state index contributed by atoms with van der Waals surface area (Å²) in [6.07, 6.45) is 3.30. The Hall–Kier alpha value is -2.53. The molecule has 0 bridgehead atoms. The first-order valence-electron chi connectivity index (χ1n) is 14.2. The van der Waals surface area contributed by atoms with Crippen LogP contribution in [0.2, 0.25) is 0 Å². The number of alkyl halides is 1. The van der Waals surface area contributed by atoms with Crippen LogP contribution in [0.3, 0.4) is 0 Å². The standard InChI is InChI=1S/C29H36ClN5O4S/c1-17-23(32-29(40-17)34-13-11-33(2)12-14-34)19-7-9-20(10-8-19)27(37)31-24(18-5-3-4-6-18)28(38)35-15-21(30)26-25(35)22(36)16-39-26/h7-10,18,21,24-26H,3-6,11-16H2,1-2H3,(H,31,37)/t21-,24+,25-,26-/m1/s1. The van der Waals surface area contributed by atoms with Crippen LogP contribution in [0.4, 0.5) is 5.13 Å². The molecule has 2 aromatic rings. The number of piperazine rings is 1. The molecule has 40 heavy (non-hydrogen) atoms. The number of ether oxygens (including phenoxy) is 1. The van der Waals surface area contributed by atoms with Gasteiger partial charge in [0.05, 0.1) is 11.1 Å². The Bertz CT molecular complexity index is 1270. The number of amides is 2. The molecule has 4 fully saturated rings. The van der Waals surface area contributed by atoms with Gasteiger partial charge in [-0.2, -0.15) is 0 Å². The normalized spacial score (nSPS) is 26.4. The van der Waals surface area contributed by atoms with Gasteiger partial charge in [0.25, 0.3) is 5.91 Å². The van der Waals surface area contributed by atoms with Crippen molar-refractivity contribution in [2.75, 3.05) is 51.3 Å². The molecule has 1 saturated carbocycles. The van der Waals surface area contributed by atoms with Gasteiger partial charge in [-0.25, -0.2) is 4.98 Å². The molecule has 3 saturated heterocycles. The van der Waals surface area contributed by atoms with Gasteiger partial charge in [-0.3, -0.25) is 14.4 Å². The number of aromatic nitrogens is 1. The number of halogens is 1. The number of carbonyl (C=O) groups excluding carboxylic acids is 3. The number of likely N-dealkylation sites (tertiary alicyclic amines) is 1. The fourth-order valence-corrected chi connectivity index (χ4v) is 7.80.